The summed E-state index contributed by atoms with van der Waals surface area (Å²) >= 11 is 0. The van der Waals surface area contributed by atoms with Crippen molar-refractivity contribution in [3.8, 4) is 0 Å². The lowest BCUT2D eigenvalue weighted by molar-refractivity contribution is -0.117. The van der Waals surface area contributed by atoms with Crippen molar-refractivity contribution in [2.75, 3.05) is 16.8 Å². The molecule has 1 aliphatic rings. The van der Waals surface area contributed by atoms with Gasteiger partial charge in [0.1, 0.15) is 0 Å². The van der Waals surface area contributed by atoms with Gasteiger partial charge in [0, 0.05) is 29.9 Å². The second kappa shape index (κ2) is 6.87. The molecule has 0 spiro atoms. The Morgan fingerprint density at radius 3 is 2.62 bits per heavy atom. The van der Waals surface area contributed by atoms with Crippen molar-refractivity contribution in [1.29, 1.82) is 0 Å². The molecule has 1 saturated heterocycles. The van der Waals surface area contributed by atoms with Crippen molar-refractivity contribution in [3.05, 3.63) is 59.7 Å². The first-order valence-electron chi connectivity index (χ1n) is 8.36. The van der Waals surface area contributed by atoms with Gasteiger partial charge in [-0.05, 0) is 48.2 Å². The molecule has 0 aliphatic carbocycles. The van der Waals surface area contributed by atoms with Gasteiger partial charge >= 0.3 is 0 Å². The second-order valence-electron chi connectivity index (χ2n) is 6.43. The van der Waals surface area contributed by atoms with E-state index in [0.29, 0.717) is 17.9 Å². The first-order valence-corrected chi connectivity index (χ1v) is 8.36. The largest absolute Gasteiger partial charge is 0.322 e. The monoisotopic (exact) mass is 322 g/mol. The minimum Gasteiger partial charge on any atom is -0.322 e. The van der Waals surface area contributed by atoms with Crippen LogP contribution in [0.2, 0.25) is 0 Å². The normalized spacial score (nSPS) is 14.3. The number of hydrogen-bond donors (Lipinski definition) is 1. The van der Waals surface area contributed by atoms with Crippen molar-refractivity contribution in [1.82, 2.24) is 0 Å². The van der Waals surface area contributed by atoms with E-state index < -0.39 is 0 Å². The maximum absolute atomic E-state index is 12.5. The van der Waals surface area contributed by atoms with Gasteiger partial charge in [-0.3, -0.25) is 9.59 Å². The number of carbonyl (C=O) groups excluding carboxylic acids is 2. The molecule has 1 heterocycles. The van der Waals surface area contributed by atoms with E-state index in [9.17, 15) is 9.59 Å². The first-order chi connectivity index (χ1) is 11.5. The number of amides is 2. The molecule has 0 atom stereocenters. The van der Waals surface area contributed by atoms with Crippen LogP contribution in [-0.2, 0) is 4.79 Å². The van der Waals surface area contributed by atoms with Gasteiger partial charge in [0.15, 0.2) is 0 Å². The number of benzene rings is 2. The zero-order valence-corrected chi connectivity index (χ0v) is 14.1. The third-order valence-electron chi connectivity index (χ3n) is 4.30. The smallest absolute Gasteiger partial charge is 0.255 e. The van der Waals surface area contributed by atoms with E-state index >= 15 is 0 Å². The Balaban J connectivity index is 1.78. The van der Waals surface area contributed by atoms with Crippen molar-refractivity contribution in [3.63, 3.8) is 0 Å². The fraction of sp³-hybridized carbons (Fsp3) is 0.300. The average Bonchev–Trinajstić information content (AvgIpc) is 3.01. The van der Waals surface area contributed by atoms with E-state index in [0.717, 1.165) is 24.3 Å². The van der Waals surface area contributed by atoms with E-state index in [-0.39, 0.29) is 11.8 Å². The third-order valence-corrected chi connectivity index (χ3v) is 4.30. The van der Waals surface area contributed by atoms with Crippen LogP contribution in [0.3, 0.4) is 0 Å². The van der Waals surface area contributed by atoms with Gasteiger partial charge in [-0.2, -0.15) is 0 Å². The maximum atomic E-state index is 12.5. The van der Waals surface area contributed by atoms with Crippen molar-refractivity contribution < 1.29 is 9.59 Å². The molecule has 1 aliphatic heterocycles. The molecule has 0 radical (unpaired) electrons. The zero-order chi connectivity index (χ0) is 17.1. The number of rotatable bonds is 4. The van der Waals surface area contributed by atoms with Crippen LogP contribution < -0.4 is 10.2 Å². The lowest BCUT2D eigenvalue weighted by atomic mass is 10.0. The first kappa shape index (κ1) is 16.2. The Hall–Kier alpha value is -2.62. The lowest BCUT2D eigenvalue weighted by Gasteiger charge is -2.16. The molecular formula is C20H22N2O2. The van der Waals surface area contributed by atoms with Crippen LogP contribution >= 0.6 is 0 Å². The molecule has 1 N–H and O–H groups in total. The predicted octanol–water partition coefficient (Wildman–Crippen LogP) is 4.19. The highest BCUT2D eigenvalue weighted by atomic mass is 16.2. The fourth-order valence-corrected chi connectivity index (χ4v) is 2.91. The van der Waals surface area contributed by atoms with Gasteiger partial charge in [-0.25, -0.2) is 0 Å². The highest BCUT2D eigenvalue weighted by Gasteiger charge is 2.22. The van der Waals surface area contributed by atoms with Crippen LogP contribution in [0.1, 0.15) is 48.5 Å². The minimum absolute atomic E-state index is 0.122. The van der Waals surface area contributed by atoms with E-state index in [4.69, 9.17) is 0 Å². The van der Waals surface area contributed by atoms with Crippen molar-refractivity contribution in [2.45, 2.75) is 32.6 Å². The van der Waals surface area contributed by atoms with Crippen LogP contribution in [0.5, 0.6) is 0 Å². The fourth-order valence-electron chi connectivity index (χ4n) is 2.91. The van der Waals surface area contributed by atoms with Gasteiger partial charge in [-0.15, -0.1) is 0 Å². The number of carbonyl (C=O) groups is 2. The minimum atomic E-state index is -0.163. The molecule has 2 amide bonds. The van der Waals surface area contributed by atoms with E-state index in [1.54, 1.807) is 17.0 Å². The van der Waals surface area contributed by atoms with Crippen molar-refractivity contribution >= 4 is 23.2 Å². The molecule has 0 aromatic heterocycles. The van der Waals surface area contributed by atoms with Crippen LogP contribution in [0.25, 0.3) is 0 Å². The Kier molecular flexibility index (Phi) is 4.65. The highest BCUT2D eigenvalue weighted by molar-refractivity contribution is 6.05. The summed E-state index contributed by atoms with van der Waals surface area (Å²) in [7, 11) is 0. The van der Waals surface area contributed by atoms with Crippen molar-refractivity contribution in [2.24, 2.45) is 0 Å². The number of hydrogen-bond acceptors (Lipinski definition) is 2. The Morgan fingerprint density at radius 1 is 1.12 bits per heavy atom. The number of nitrogens with one attached hydrogen (secondary N) is 1. The number of nitrogens with zero attached hydrogens (tertiary/aromatic N) is 1. The Labute approximate surface area is 142 Å². The van der Waals surface area contributed by atoms with Gasteiger partial charge < -0.3 is 10.2 Å². The molecule has 0 unspecified atom stereocenters. The van der Waals surface area contributed by atoms with Gasteiger partial charge in [-0.1, -0.05) is 32.0 Å². The molecule has 4 nitrogen and oxygen atoms in total. The average molecular weight is 322 g/mol. The lowest BCUT2D eigenvalue weighted by Crippen LogP contribution is -2.24. The third kappa shape index (κ3) is 3.48. The molecule has 3 rings (SSSR count). The van der Waals surface area contributed by atoms with E-state index in [2.05, 4.69) is 25.2 Å². The number of anilines is 2. The van der Waals surface area contributed by atoms with Crippen LogP contribution in [0, 0.1) is 0 Å². The Bertz CT molecular complexity index is 768. The molecule has 2 aromatic carbocycles. The van der Waals surface area contributed by atoms with E-state index in [1.807, 2.05) is 30.3 Å². The maximum Gasteiger partial charge on any atom is 0.255 e. The molecule has 0 saturated carbocycles. The molecule has 1 fully saturated rings. The summed E-state index contributed by atoms with van der Waals surface area (Å²) in [4.78, 5) is 26.1. The molecule has 2 aromatic rings. The van der Waals surface area contributed by atoms with Gasteiger partial charge in [0.25, 0.3) is 5.91 Å². The second-order valence-corrected chi connectivity index (χ2v) is 6.43. The molecule has 0 bridgehead atoms. The SMILES string of the molecule is CC(C)c1cccc(NC(=O)c2cccc(N3CCCC3=O)c2)c1. The zero-order valence-electron chi connectivity index (χ0n) is 14.1. The predicted molar refractivity (Wildman–Crippen MR) is 96.5 cm³/mol. The quantitative estimate of drug-likeness (QED) is 0.917. The van der Waals surface area contributed by atoms with E-state index in [1.165, 1.54) is 5.56 Å². The van der Waals surface area contributed by atoms with Crippen LogP contribution in [0.4, 0.5) is 11.4 Å². The summed E-state index contributed by atoms with van der Waals surface area (Å²) in [5.41, 5.74) is 3.32. The summed E-state index contributed by atoms with van der Waals surface area (Å²) in [6.45, 7) is 4.97. The van der Waals surface area contributed by atoms with Crippen LogP contribution in [-0.4, -0.2) is 18.4 Å². The summed E-state index contributed by atoms with van der Waals surface area (Å²) in [6, 6.07) is 15.1. The van der Waals surface area contributed by atoms with Gasteiger partial charge in [0.2, 0.25) is 5.91 Å². The Morgan fingerprint density at radius 2 is 1.92 bits per heavy atom. The van der Waals surface area contributed by atoms with Crippen LogP contribution in [0.15, 0.2) is 48.5 Å². The topological polar surface area (TPSA) is 49.4 Å². The van der Waals surface area contributed by atoms with Gasteiger partial charge in [0.05, 0.1) is 0 Å². The highest BCUT2D eigenvalue weighted by Crippen LogP contribution is 2.23. The summed E-state index contributed by atoms with van der Waals surface area (Å²) < 4.78 is 0. The molecular weight excluding hydrogens is 300 g/mol. The summed E-state index contributed by atoms with van der Waals surface area (Å²) in [5.74, 6) is 0.368. The molecule has 24 heavy (non-hydrogen) atoms. The standard InChI is InChI=1S/C20H22N2O2/c1-14(2)15-6-3-8-17(12-15)21-20(24)16-7-4-9-18(13-16)22-11-5-10-19(22)23/h3-4,6-9,12-14H,5,10-11H2,1-2H3,(H,21,24). The summed E-state index contributed by atoms with van der Waals surface area (Å²) in [5, 5.41) is 2.94. The summed E-state index contributed by atoms with van der Waals surface area (Å²) in [6.07, 6.45) is 1.45. The molecule has 124 valence electrons. The molecule has 4 heteroatoms.